The molecule has 57 heavy (non-hydrogen) atoms. The summed E-state index contributed by atoms with van der Waals surface area (Å²) in [7, 11) is 0. The normalized spacial score (nSPS) is 11.9. The molecular formula is C52H49NO4. The van der Waals surface area contributed by atoms with Gasteiger partial charge in [0, 0.05) is 11.8 Å². The second-order valence-electron chi connectivity index (χ2n) is 15.8. The van der Waals surface area contributed by atoms with Gasteiger partial charge in [-0.15, -0.1) is 4.91 Å². The van der Waals surface area contributed by atoms with Gasteiger partial charge >= 0.3 is 0 Å². The molecule has 286 valence electrons. The lowest BCUT2D eigenvalue weighted by Crippen LogP contribution is -2.08. The van der Waals surface area contributed by atoms with Crippen LogP contribution in [0.3, 0.4) is 0 Å². The molecule has 7 aromatic carbocycles. The third-order valence-corrected chi connectivity index (χ3v) is 11.7. The highest BCUT2D eigenvalue weighted by atomic mass is 16.3. The summed E-state index contributed by atoms with van der Waals surface area (Å²) in [5.41, 5.74) is 18.8. The van der Waals surface area contributed by atoms with Gasteiger partial charge in [-0.25, -0.2) is 0 Å². The molecule has 0 bridgehead atoms. The zero-order valence-electron chi connectivity index (χ0n) is 33.9. The fraction of sp³-hybridized carbons (Fsp3) is 0.192. The lowest BCUT2D eigenvalue weighted by atomic mass is 9.79. The van der Waals surface area contributed by atoms with Crippen LogP contribution in [0.25, 0.3) is 22.3 Å². The van der Waals surface area contributed by atoms with Crippen molar-refractivity contribution in [3.8, 4) is 39.5 Å². The van der Waals surface area contributed by atoms with Crippen LogP contribution < -0.4 is 0 Å². The van der Waals surface area contributed by atoms with Gasteiger partial charge in [0.05, 0.1) is 0 Å². The number of aromatic hydroxyl groups is 3. The Hall–Kier alpha value is -6.46. The fourth-order valence-electron chi connectivity index (χ4n) is 8.30. The van der Waals surface area contributed by atoms with E-state index >= 15 is 0 Å². The van der Waals surface area contributed by atoms with Gasteiger partial charge in [-0.3, -0.25) is 0 Å². The van der Waals surface area contributed by atoms with Crippen LogP contribution in [0.15, 0.2) is 127 Å². The second-order valence-corrected chi connectivity index (χ2v) is 15.8. The number of rotatable bonds is 9. The average Bonchev–Trinajstić information content (AvgIpc) is 3.19. The Balaban J connectivity index is 1.24. The molecule has 0 aliphatic rings. The Morgan fingerprint density at radius 1 is 0.368 bits per heavy atom. The summed E-state index contributed by atoms with van der Waals surface area (Å²) < 4.78 is 0. The van der Waals surface area contributed by atoms with Crippen molar-refractivity contribution < 1.29 is 15.3 Å². The van der Waals surface area contributed by atoms with E-state index in [0.29, 0.717) is 5.69 Å². The van der Waals surface area contributed by atoms with Crippen molar-refractivity contribution >= 4 is 5.69 Å². The minimum atomic E-state index is -0.116. The number of aryl methyl sites for hydroxylation is 8. The first-order chi connectivity index (χ1) is 27.2. The van der Waals surface area contributed by atoms with Crippen molar-refractivity contribution in [2.45, 2.75) is 67.2 Å². The van der Waals surface area contributed by atoms with Crippen molar-refractivity contribution in [2.24, 2.45) is 5.18 Å². The molecule has 0 saturated heterocycles. The smallest absolute Gasteiger partial charge is 0.118 e. The minimum Gasteiger partial charge on any atom is -0.508 e. The van der Waals surface area contributed by atoms with Gasteiger partial charge in [-0.1, -0.05) is 91.0 Å². The molecule has 3 N–H and O–H groups in total. The highest BCUT2D eigenvalue weighted by molar-refractivity contribution is 5.74. The first kappa shape index (κ1) is 38.8. The van der Waals surface area contributed by atoms with E-state index in [-0.39, 0.29) is 29.1 Å². The van der Waals surface area contributed by atoms with Crippen LogP contribution in [0, 0.1) is 60.3 Å². The van der Waals surface area contributed by atoms with E-state index in [0.717, 1.165) is 100 Å². The Morgan fingerprint density at radius 2 is 0.702 bits per heavy atom. The Bertz CT molecular complexity index is 2600. The molecule has 5 nitrogen and oxygen atoms in total. The van der Waals surface area contributed by atoms with Gasteiger partial charge in [0.1, 0.15) is 22.9 Å². The third kappa shape index (κ3) is 7.58. The quantitative estimate of drug-likeness (QED) is 0.101. The molecule has 0 aliphatic carbocycles. The molecular weight excluding hydrogens is 703 g/mol. The Morgan fingerprint density at radius 3 is 1.05 bits per heavy atom. The van der Waals surface area contributed by atoms with Crippen molar-refractivity contribution in [3.05, 3.63) is 204 Å². The van der Waals surface area contributed by atoms with Crippen LogP contribution in [0.1, 0.15) is 89.7 Å². The highest BCUT2D eigenvalue weighted by Crippen LogP contribution is 2.42. The molecule has 0 amide bonds. The predicted molar refractivity (Wildman–Crippen MR) is 233 cm³/mol. The van der Waals surface area contributed by atoms with Crippen molar-refractivity contribution in [1.29, 1.82) is 0 Å². The molecule has 5 heteroatoms. The van der Waals surface area contributed by atoms with Gasteiger partial charge < -0.3 is 15.3 Å². The van der Waals surface area contributed by atoms with E-state index in [1.807, 2.05) is 79.7 Å². The van der Waals surface area contributed by atoms with E-state index < -0.39 is 0 Å². The van der Waals surface area contributed by atoms with Crippen LogP contribution >= 0.6 is 0 Å². The third-order valence-electron chi connectivity index (χ3n) is 11.7. The number of hydrogen-bond donors (Lipinski definition) is 3. The second kappa shape index (κ2) is 15.6. The monoisotopic (exact) mass is 751 g/mol. The van der Waals surface area contributed by atoms with Crippen molar-refractivity contribution in [1.82, 2.24) is 0 Å². The first-order valence-corrected chi connectivity index (χ1v) is 19.4. The summed E-state index contributed by atoms with van der Waals surface area (Å²) in [6.07, 6.45) is 0. The number of phenolic OH excluding ortho intramolecular Hbond substituents is 3. The number of nitroso groups, excluding NO2 is 1. The van der Waals surface area contributed by atoms with Gasteiger partial charge in [-0.2, -0.15) is 0 Å². The maximum Gasteiger partial charge on any atom is 0.118 e. The van der Waals surface area contributed by atoms with Gasteiger partial charge in [0.25, 0.3) is 0 Å². The summed E-state index contributed by atoms with van der Waals surface area (Å²) in [4.78, 5) is 11.5. The van der Waals surface area contributed by atoms with E-state index in [1.165, 1.54) is 0 Å². The van der Waals surface area contributed by atoms with Crippen molar-refractivity contribution in [2.75, 3.05) is 0 Å². The van der Waals surface area contributed by atoms with Crippen LogP contribution in [0.2, 0.25) is 0 Å². The molecule has 7 rings (SSSR count). The summed E-state index contributed by atoms with van der Waals surface area (Å²) in [5.74, 6) is 0.643. The minimum absolute atomic E-state index is 0.0899. The molecule has 0 spiro atoms. The largest absolute Gasteiger partial charge is 0.508 e. The summed E-state index contributed by atoms with van der Waals surface area (Å²) in [6, 6.07) is 41.7. The first-order valence-electron chi connectivity index (χ1n) is 19.4. The van der Waals surface area contributed by atoms with E-state index in [2.05, 4.69) is 102 Å². The molecule has 0 fully saturated rings. The SMILES string of the molecule is Cc1cc(C(c2ccc(-c3cccc(-c4ccc(C(c5cc(C)c(O)cc5C)c5cc(C)c(N=O)cc5C)cc4)c3)cc2)c2cc(C)c(O)cc2C)c(C)cc1O. The van der Waals surface area contributed by atoms with Gasteiger partial charge in [0.15, 0.2) is 0 Å². The Kier molecular flexibility index (Phi) is 10.6. The molecule has 0 aliphatic heterocycles. The maximum absolute atomic E-state index is 11.5. The number of benzene rings is 7. The molecule has 0 heterocycles. The van der Waals surface area contributed by atoms with E-state index in [1.54, 1.807) is 0 Å². The summed E-state index contributed by atoms with van der Waals surface area (Å²) in [5, 5.41) is 34.7. The van der Waals surface area contributed by atoms with Gasteiger partial charge in [0.2, 0.25) is 0 Å². The van der Waals surface area contributed by atoms with Gasteiger partial charge in [-0.05, 0) is 191 Å². The highest BCUT2D eigenvalue weighted by Gasteiger charge is 2.25. The number of hydrogen-bond acceptors (Lipinski definition) is 5. The lowest BCUT2D eigenvalue weighted by molar-refractivity contribution is 0.469. The lowest BCUT2D eigenvalue weighted by Gasteiger charge is -2.25. The zero-order valence-corrected chi connectivity index (χ0v) is 33.9. The standard InChI is InChI=1S/C52H49NO4/c1-29-24-47(53-57)33(5)20-43(29)51(44-21-34(6)48(54)25-30(44)2)39-16-12-37(13-17-39)41-10-9-11-42(28-41)38-14-18-40(19-15-38)52(45-22-35(7)49(55)26-31(45)3)46-23-36(8)50(56)27-32(46)4/h9-28,51-52,54-56H,1-8H3. The fourth-order valence-corrected chi connectivity index (χ4v) is 8.30. The predicted octanol–water partition coefficient (Wildman–Crippen LogP) is 13.4. The number of phenols is 3. The Labute approximate surface area is 336 Å². The van der Waals surface area contributed by atoms with E-state index in [9.17, 15) is 20.2 Å². The summed E-state index contributed by atoms with van der Waals surface area (Å²) in [6.45, 7) is 15.8. The van der Waals surface area contributed by atoms with Crippen LogP contribution in [0.4, 0.5) is 5.69 Å². The van der Waals surface area contributed by atoms with Crippen LogP contribution in [-0.2, 0) is 0 Å². The van der Waals surface area contributed by atoms with Crippen LogP contribution in [-0.4, -0.2) is 15.3 Å². The topological polar surface area (TPSA) is 90.1 Å². The average molecular weight is 752 g/mol. The maximum atomic E-state index is 11.5. The number of nitrogens with zero attached hydrogens (tertiary/aromatic N) is 1. The molecule has 0 radical (unpaired) electrons. The molecule has 0 saturated carbocycles. The summed E-state index contributed by atoms with van der Waals surface area (Å²) >= 11 is 0. The molecule has 7 aromatic rings. The van der Waals surface area contributed by atoms with E-state index in [4.69, 9.17) is 0 Å². The van der Waals surface area contributed by atoms with Crippen molar-refractivity contribution in [3.63, 3.8) is 0 Å². The molecule has 1 atom stereocenters. The zero-order chi connectivity index (χ0) is 40.7. The molecule has 1 unspecified atom stereocenters. The van der Waals surface area contributed by atoms with Crippen LogP contribution in [0.5, 0.6) is 17.2 Å². The molecule has 0 aromatic heterocycles.